The van der Waals surface area contributed by atoms with Gasteiger partial charge < -0.3 is 10.1 Å². The molecule has 1 aliphatic rings. The number of benzene rings is 1. The molecule has 1 aromatic carbocycles. The van der Waals surface area contributed by atoms with Gasteiger partial charge >= 0.3 is 0 Å². The Morgan fingerprint density at radius 3 is 2.95 bits per heavy atom. The molecule has 1 heterocycles. The van der Waals surface area contributed by atoms with Gasteiger partial charge in [-0.15, -0.1) is 0 Å². The van der Waals surface area contributed by atoms with Gasteiger partial charge in [-0.2, -0.15) is 5.26 Å². The Morgan fingerprint density at radius 1 is 1.58 bits per heavy atom. The van der Waals surface area contributed by atoms with Gasteiger partial charge in [0, 0.05) is 5.56 Å². The molecule has 0 fully saturated rings. The molecule has 0 saturated heterocycles. The Hall–Kier alpha value is -2.35. The molecule has 2 unspecified atom stereocenters. The highest BCUT2D eigenvalue weighted by atomic mass is 16.5. The van der Waals surface area contributed by atoms with Crippen LogP contribution in [0, 0.1) is 17.2 Å². The second-order valence-electron chi connectivity index (χ2n) is 4.41. The number of ether oxygens (including phenoxy) is 1. The summed E-state index contributed by atoms with van der Waals surface area (Å²) in [6.45, 7) is 3.44. The Bertz CT molecular complexity index is 575. The zero-order valence-corrected chi connectivity index (χ0v) is 10.8. The number of Topliss-reactive ketones (excluding diaryl/α,β-unsaturated/α-hetero) is 1. The first-order valence-corrected chi connectivity index (χ1v) is 6.12. The fourth-order valence-corrected chi connectivity index (χ4v) is 1.90. The third-order valence-electron chi connectivity index (χ3n) is 3.08. The topological polar surface area (TPSA) is 79.2 Å². The number of carbonyl (C=O) groups is 2. The number of ketones is 1. The van der Waals surface area contributed by atoms with Gasteiger partial charge in [0.1, 0.15) is 11.7 Å². The minimum atomic E-state index is -0.655. The number of fused-ring (bicyclic) bond motifs is 1. The Balaban J connectivity index is 2.32. The molecule has 19 heavy (non-hydrogen) atoms. The minimum Gasteiger partial charge on any atom is -0.479 e. The highest BCUT2D eigenvalue weighted by molar-refractivity contribution is 6.03. The number of hydrogen-bond donors (Lipinski definition) is 1. The van der Waals surface area contributed by atoms with Crippen molar-refractivity contribution in [2.24, 2.45) is 5.92 Å². The molecule has 0 saturated carbocycles. The largest absolute Gasteiger partial charge is 0.479 e. The second-order valence-corrected chi connectivity index (χ2v) is 4.41. The molecule has 1 amide bonds. The van der Waals surface area contributed by atoms with Gasteiger partial charge in [-0.25, -0.2) is 0 Å². The maximum Gasteiger partial charge on any atom is 0.265 e. The summed E-state index contributed by atoms with van der Waals surface area (Å²) in [5, 5.41) is 11.6. The van der Waals surface area contributed by atoms with Gasteiger partial charge in [0.15, 0.2) is 11.9 Å². The standard InChI is InChI=1S/C14H14N2O3/c1-3-9(7-15)13(17)10-4-5-12-11(6-10)16-14(18)8(2)19-12/h4-6,8-9H,3H2,1-2H3,(H,16,18). The van der Waals surface area contributed by atoms with Crippen molar-refractivity contribution in [2.45, 2.75) is 26.4 Å². The van der Waals surface area contributed by atoms with Crippen LogP contribution in [0.4, 0.5) is 5.69 Å². The fraction of sp³-hybridized carbons (Fsp3) is 0.357. The van der Waals surface area contributed by atoms with Gasteiger partial charge in [0.2, 0.25) is 0 Å². The molecule has 1 N–H and O–H groups in total. The smallest absolute Gasteiger partial charge is 0.265 e. The number of nitrogens with zero attached hydrogens (tertiary/aromatic N) is 1. The summed E-state index contributed by atoms with van der Waals surface area (Å²) in [6, 6.07) is 6.79. The lowest BCUT2D eigenvalue weighted by Crippen LogP contribution is -2.34. The van der Waals surface area contributed by atoms with E-state index in [2.05, 4.69) is 5.32 Å². The Labute approximate surface area is 111 Å². The summed E-state index contributed by atoms with van der Waals surface area (Å²) in [4.78, 5) is 23.6. The molecule has 1 aliphatic heterocycles. The van der Waals surface area contributed by atoms with E-state index in [4.69, 9.17) is 10.00 Å². The summed E-state index contributed by atoms with van der Waals surface area (Å²) >= 11 is 0. The monoisotopic (exact) mass is 258 g/mol. The molecule has 0 bridgehead atoms. The fourth-order valence-electron chi connectivity index (χ4n) is 1.90. The van der Waals surface area contributed by atoms with Gasteiger partial charge in [-0.05, 0) is 31.5 Å². The van der Waals surface area contributed by atoms with E-state index < -0.39 is 12.0 Å². The van der Waals surface area contributed by atoms with Crippen molar-refractivity contribution in [3.63, 3.8) is 0 Å². The van der Waals surface area contributed by atoms with E-state index >= 15 is 0 Å². The number of rotatable bonds is 3. The van der Waals surface area contributed by atoms with Crippen LogP contribution < -0.4 is 10.1 Å². The molecule has 1 aromatic rings. The number of carbonyl (C=O) groups excluding carboxylic acids is 2. The highest BCUT2D eigenvalue weighted by Crippen LogP contribution is 2.31. The van der Waals surface area contributed by atoms with Crippen LogP contribution in [0.1, 0.15) is 30.6 Å². The quantitative estimate of drug-likeness (QED) is 0.842. The molecule has 5 nitrogen and oxygen atoms in total. The maximum atomic E-state index is 12.1. The summed E-state index contributed by atoms with van der Waals surface area (Å²) < 4.78 is 5.40. The van der Waals surface area contributed by atoms with Crippen molar-refractivity contribution in [3.05, 3.63) is 23.8 Å². The number of hydrogen-bond acceptors (Lipinski definition) is 4. The van der Waals surface area contributed by atoms with Gasteiger partial charge in [0.25, 0.3) is 5.91 Å². The van der Waals surface area contributed by atoms with Gasteiger partial charge in [-0.1, -0.05) is 6.92 Å². The predicted molar refractivity (Wildman–Crippen MR) is 68.9 cm³/mol. The third kappa shape index (κ3) is 2.43. The van der Waals surface area contributed by atoms with Crippen LogP contribution in [-0.2, 0) is 4.79 Å². The van der Waals surface area contributed by atoms with Crippen LogP contribution in [0.2, 0.25) is 0 Å². The lowest BCUT2D eigenvalue weighted by atomic mass is 9.96. The molecular weight excluding hydrogens is 244 g/mol. The second kappa shape index (κ2) is 5.11. The van der Waals surface area contributed by atoms with Crippen molar-refractivity contribution in [2.75, 3.05) is 5.32 Å². The summed E-state index contributed by atoms with van der Waals surface area (Å²) in [5.41, 5.74) is 0.882. The van der Waals surface area contributed by atoms with Gasteiger partial charge in [-0.3, -0.25) is 9.59 Å². The van der Waals surface area contributed by atoms with E-state index in [1.807, 2.05) is 6.07 Å². The molecule has 2 rings (SSSR count). The predicted octanol–water partition coefficient (Wildman–Crippen LogP) is 2.14. The summed E-state index contributed by atoms with van der Waals surface area (Å²) in [5.74, 6) is -0.601. The van der Waals surface area contributed by atoms with E-state index in [-0.39, 0.29) is 11.7 Å². The van der Waals surface area contributed by atoms with Crippen molar-refractivity contribution < 1.29 is 14.3 Å². The van der Waals surface area contributed by atoms with E-state index in [0.29, 0.717) is 23.4 Å². The van der Waals surface area contributed by atoms with Crippen LogP contribution in [-0.4, -0.2) is 17.8 Å². The normalized spacial score (nSPS) is 18.6. The van der Waals surface area contributed by atoms with E-state index in [9.17, 15) is 9.59 Å². The molecule has 0 radical (unpaired) electrons. The van der Waals surface area contributed by atoms with Crippen molar-refractivity contribution in [1.29, 1.82) is 5.26 Å². The Morgan fingerprint density at radius 2 is 2.32 bits per heavy atom. The van der Waals surface area contributed by atoms with Crippen LogP contribution in [0.15, 0.2) is 18.2 Å². The van der Waals surface area contributed by atoms with E-state index in [0.717, 1.165) is 0 Å². The number of nitrogens with one attached hydrogen (secondary N) is 1. The van der Waals surface area contributed by atoms with Crippen LogP contribution in [0.3, 0.4) is 0 Å². The van der Waals surface area contributed by atoms with Crippen LogP contribution in [0.5, 0.6) is 5.75 Å². The molecule has 0 aliphatic carbocycles. The lowest BCUT2D eigenvalue weighted by Gasteiger charge is -2.23. The number of anilines is 1. The average molecular weight is 258 g/mol. The molecule has 5 heteroatoms. The van der Waals surface area contributed by atoms with Crippen molar-refractivity contribution in [1.82, 2.24) is 0 Å². The molecule has 2 atom stereocenters. The first-order valence-electron chi connectivity index (χ1n) is 6.12. The average Bonchev–Trinajstić information content (AvgIpc) is 2.41. The molecule has 98 valence electrons. The van der Waals surface area contributed by atoms with Crippen LogP contribution >= 0.6 is 0 Å². The van der Waals surface area contributed by atoms with E-state index in [1.54, 1.807) is 32.0 Å². The van der Waals surface area contributed by atoms with Crippen LogP contribution in [0.25, 0.3) is 0 Å². The molecular formula is C14H14N2O3. The lowest BCUT2D eigenvalue weighted by molar-refractivity contribution is -0.122. The maximum absolute atomic E-state index is 12.1. The zero-order valence-electron chi connectivity index (χ0n) is 10.8. The first-order chi connectivity index (χ1) is 9.06. The Kier molecular flexibility index (Phi) is 3.52. The first kappa shape index (κ1) is 13.1. The highest BCUT2D eigenvalue weighted by Gasteiger charge is 2.25. The summed E-state index contributed by atoms with van der Waals surface area (Å²) in [6.07, 6.45) is -0.0803. The third-order valence-corrected chi connectivity index (χ3v) is 3.08. The molecule has 0 spiro atoms. The summed E-state index contributed by atoms with van der Waals surface area (Å²) in [7, 11) is 0. The number of nitriles is 1. The molecule has 0 aromatic heterocycles. The number of amides is 1. The van der Waals surface area contributed by atoms with Gasteiger partial charge in [0.05, 0.1) is 11.8 Å². The van der Waals surface area contributed by atoms with Crippen molar-refractivity contribution >= 4 is 17.4 Å². The van der Waals surface area contributed by atoms with E-state index in [1.165, 1.54) is 0 Å². The SMILES string of the molecule is CCC(C#N)C(=O)c1ccc2c(c1)NC(=O)C(C)O2. The van der Waals surface area contributed by atoms with Crippen molar-refractivity contribution in [3.8, 4) is 11.8 Å². The zero-order chi connectivity index (χ0) is 14.0. The minimum absolute atomic E-state index is 0.235.